The van der Waals surface area contributed by atoms with Crippen LogP contribution < -0.4 is 0 Å². The molecule has 0 saturated heterocycles. The van der Waals surface area contributed by atoms with E-state index in [1.54, 1.807) is 0 Å². The van der Waals surface area contributed by atoms with E-state index in [1.165, 1.54) is 27.8 Å². The number of rotatable bonds is 4. The molecule has 0 fully saturated rings. The van der Waals surface area contributed by atoms with Crippen LogP contribution in [0.3, 0.4) is 0 Å². The molecule has 128 valence electrons. The first kappa shape index (κ1) is 21.7. The van der Waals surface area contributed by atoms with Gasteiger partial charge in [0.25, 0.3) is 0 Å². The van der Waals surface area contributed by atoms with Gasteiger partial charge >= 0.3 is 0 Å². The van der Waals surface area contributed by atoms with E-state index in [4.69, 9.17) is 0 Å². The average Bonchev–Trinajstić information content (AvgIpc) is 2.67. The second-order valence-corrected chi connectivity index (χ2v) is 4.74. The van der Waals surface area contributed by atoms with Gasteiger partial charge in [-0.2, -0.15) is 0 Å². The van der Waals surface area contributed by atoms with Gasteiger partial charge < -0.3 is 0 Å². The van der Waals surface area contributed by atoms with Gasteiger partial charge in [0.15, 0.2) is 0 Å². The Morgan fingerprint density at radius 1 is 0.792 bits per heavy atom. The topological polar surface area (TPSA) is 0 Å². The zero-order chi connectivity index (χ0) is 18.4. The zero-order valence-electron chi connectivity index (χ0n) is 16.1. The first-order valence-electron chi connectivity index (χ1n) is 8.88. The van der Waals surface area contributed by atoms with Crippen molar-refractivity contribution in [3.05, 3.63) is 90.5 Å². The molecule has 0 aromatic heterocycles. The fourth-order valence-corrected chi connectivity index (χ4v) is 2.32. The van der Waals surface area contributed by atoms with Crippen LogP contribution in [0.15, 0.2) is 85.0 Å². The largest absolute Gasteiger partial charge is 0.0984 e. The van der Waals surface area contributed by atoms with Gasteiger partial charge in [-0.15, -0.1) is 0 Å². The molecule has 0 heteroatoms. The molecule has 0 amide bonds. The number of benzene rings is 2. The van der Waals surface area contributed by atoms with Crippen molar-refractivity contribution in [2.75, 3.05) is 0 Å². The summed E-state index contributed by atoms with van der Waals surface area (Å²) >= 11 is 0. The van der Waals surface area contributed by atoms with Crippen LogP contribution in [0, 0.1) is 0 Å². The van der Waals surface area contributed by atoms with Gasteiger partial charge in [0.2, 0.25) is 0 Å². The molecule has 0 aliphatic heterocycles. The van der Waals surface area contributed by atoms with E-state index in [1.807, 2.05) is 46.8 Å². The summed E-state index contributed by atoms with van der Waals surface area (Å²) < 4.78 is 0. The van der Waals surface area contributed by atoms with Crippen molar-refractivity contribution in [1.29, 1.82) is 0 Å². The zero-order valence-corrected chi connectivity index (χ0v) is 16.1. The van der Waals surface area contributed by atoms with Crippen molar-refractivity contribution in [1.82, 2.24) is 0 Å². The number of hydrogen-bond donors (Lipinski definition) is 0. The maximum atomic E-state index is 3.93. The summed E-state index contributed by atoms with van der Waals surface area (Å²) in [7, 11) is 0. The maximum absolute atomic E-state index is 3.93. The van der Waals surface area contributed by atoms with E-state index < -0.39 is 0 Å². The molecule has 0 nitrogen and oxygen atoms in total. The molecular formula is C24H32. The van der Waals surface area contributed by atoms with E-state index in [-0.39, 0.29) is 0 Å². The quantitative estimate of drug-likeness (QED) is 0.501. The van der Waals surface area contributed by atoms with Crippen molar-refractivity contribution < 1.29 is 0 Å². The molecule has 24 heavy (non-hydrogen) atoms. The van der Waals surface area contributed by atoms with Gasteiger partial charge in [-0.3, -0.25) is 0 Å². The molecule has 2 rings (SSSR count). The third kappa shape index (κ3) is 6.42. The predicted octanol–water partition coefficient (Wildman–Crippen LogP) is 7.94. The Morgan fingerprint density at radius 3 is 1.75 bits per heavy atom. The Balaban J connectivity index is 0.00000123. The third-order valence-corrected chi connectivity index (χ3v) is 3.35. The lowest BCUT2D eigenvalue weighted by atomic mass is 9.97. The molecule has 0 bridgehead atoms. The van der Waals surface area contributed by atoms with Gasteiger partial charge in [0.05, 0.1) is 0 Å². The molecule has 0 spiro atoms. The van der Waals surface area contributed by atoms with Crippen LogP contribution in [0.4, 0.5) is 0 Å². The summed E-state index contributed by atoms with van der Waals surface area (Å²) in [6, 6.07) is 19.1. The summed E-state index contributed by atoms with van der Waals surface area (Å²) in [5, 5.41) is 0. The fourth-order valence-electron chi connectivity index (χ4n) is 2.32. The molecular weight excluding hydrogens is 288 g/mol. The Labute approximate surface area is 149 Å². The molecule has 0 heterocycles. The van der Waals surface area contributed by atoms with Gasteiger partial charge in [-0.05, 0) is 41.7 Å². The predicted molar refractivity (Wildman–Crippen MR) is 112 cm³/mol. The van der Waals surface area contributed by atoms with Crippen molar-refractivity contribution in [2.24, 2.45) is 0 Å². The molecule has 0 saturated carbocycles. The molecule has 0 N–H and O–H groups in total. The lowest BCUT2D eigenvalue weighted by Crippen LogP contribution is -1.85. The normalized spacial score (nSPS) is 10.8. The summed E-state index contributed by atoms with van der Waals surface area (Å²) in [5.41, 5.74) is 6.10. The second kappa shape index (κ2) is 13.1. The van der Waals surface area contributed by atoms with Gasteiger partial charge in [0, 0.05) is 0 Å². The first-order chi connectivity index (χ1) is 11.8. The fraction of sp³-hybridized carbons (Fsp3) is 0.250. The van der Waals surface area contributed by atoms with Crippen LogP contribution in [0.5, 0.6) is 0 Å². The molecule has 0 unspecified atom stereocenters. The highest BCUT2D eigenvalue weighted by Gasteiger charge is 2.02. The molecule has 0 radical (unpaired) electrons. The minimum absolute atomic E-state index is 1.18. The summed E-state index contributed by atoms with van der Waals surface area (Å²) in [4.78, 5) is 0. The summed E-state index contributed by atoms with van der Waals surface area (Å²) in [6.07, 6.45) is 6.09. The Kier molecular flexibility index (Phi) is 11.9. The van der Waals surface area contributed by atoms with Gasteiger partial charge in [0.1, 0.15) is 0 Å². The van der Waals surface area contributed by atoms with Crippen molar-refractivity contribution in [3.63, 3.8) is 0 Å². The highest BCUT2D eigenvalue weighted by atomic mass is 14.1. The highest BCUT2D eigenvalue weighted by Crippen LogP contribution is 2.25. The van der Waals surface area contributed by atoms with Crippen LogP contribution in [0.2, 0.25) is 0 Å². The van der Waals surface area contributed by atoms with Crippen LogP contribution in [-0.4, -0.2) is 0 Å². The minimum atomic E-state index is 1.18. The minimum Gasteiger partial charge on any atom is -0.0984 e. The van der Waals surface area contributed by atoms with Crippen LogP contribution in [-0.2, 0) is 0 Å². The van der Waals surface area contributed by atoms with Crippen LogP contribution in [0.1, 0.15) is 47.1 Å². The Hall–Kier alpha value is -2.34. The lowest BCUT2D eigenvalue weighted by Gasteiger charge is -2.08. The standard InChI is InChI=1S/C20H20.2C2H6/c1-4-9-16(3)20(5-2)19-14-12-18(13-15-19)17-10-7-6-8-11-17;2*1-2/h4-15H,2H2,1,3H3;2*1-2H3/b9-4-,20-16+;;. The van der Waals surface area contributed by atoms with Gasteiger partial charge in [-0.1, -0.05) is 107 Å². The molecule has 0 aliphatic rings. The lowest BCUT2D eigenvalue weighted by molar-refractivity contribution is 1.48. The number of allylic oxidation sites excluding steroid dienone is 5. The third-order valence-electron chi connectivity index (χ3n) is 3.35. The summed E-state index contributed by atoms with van der Waals surface area (Å²) in [6.45, 7) is 16.1. The Morgan fingerprint density at radius 2 is 1.29 bits per heavy atom. The highest BCUT2D eigenvalue weighted by molar-refractivity contribution is 5.79. The van der Waals surface area contributed by atoms with Crippen molar-refractivity contribution in [3.8, 4) is 11.1 Å². The van der Waals surface area contributed by atoms with E-state index in [0.717, 1.165) is 0 Å². The van der Waals surface area contributed by atoms with Crippen molar-refractivity contribution in [2.45, 2.75) is 41.5 Å². The summed E-state index contributed by atoms with van der Waals surface area (Å²) in [5.74, 6) is 0. The van der Waals surface area contributed by atoms with Crippen LogP contribution in [0.25, 0.3) is 16.7 Å². The molecule has 2 aromatic carbocycles. The van der Waals surface area contributed by atoms with Gasteiger partial charge in [-0.25, -0.2) is 0 Å². The first-order valence-corrected chi connectivity index (χ1v) is 8.88. The Bertz CT molecular complexity index is 625. The SMILES string of the molecule is C=C/C(=C(C)\C=C/C)c1ccc(-c2ccccc2)cc1.CC.CC. The maximum Gasteiger partial charge on any atom is -0.0161 e. The van der Waals surface area contributed by atoms with E-state index >= 15 is 0 Å². The van der Waals surface area contributed by atoms with Crippen LogP contribution >= 0.6 is 0 Å². The van der Waals surface area contributed by atoms with Crippen molar-refractivity contribution >= 4 is 5.57 Å². The van der Waals surface area contributed by atoms with E-state index in [9.17, 15) is 0 Å². The average molecular weight is 321 g/mol. The number of hydrogen-bond acceptors (Lipinski definition) is 0. The smallest absolute Gasteiger partial charge is 0.0161 e. The van der Waals surface area contributed by atoms with E-state index in [0.29, 0.717) is 0 Å². The molecule has 2 aromatic rings. The van der Waals surface area contributed by atoms with E-state index in [2.05, 4.69) is 74.2 Å². The molecule has 0 aliphatic carbocycles. The second-order valence-electron chi connectivity index (χ2n) is 4.74. The monoisotopic (exact) mass is 320 g/mol. The molecule has 0 atom stereocenters.